The van der Waals surface area contributed by atoms with Crippen LogP contribution in [0.1, 0.15) is 12.5 Å². The maximum Gasteiger partial charge on any atom is 0.139 e. The van der Waals surface area contributed by atoms with Crippen LogP contribution in [0.5, 0.6) is 0 Å². The Balaban J connectivity index is 2.60. The molecule has 0 bridgehead atoms. The summed E-state index contributed by atoms with van der Waals surface area (Å²) in [6.45, 7) is 2.15. The molecule has 0 aliphatic rings. The van der Waals surface area contributed by atoms with Crippen molar-refractivity contribution in [1.29, 1.82) is 0 Å². The highest BCUT2D eigenvalue weighted by molar-refractivity contribution is 6.04. The second-order valence-corrected chi connectivity index (χ2v) is 3.72. The summed E-state index contributed by atoms with van der Waals surface area (Å²) in [5, 5.41) is 6.56. The fourth-order valence-corrected chi connectivity index (χ4v) is 2.09. The van der Waals surface area contributed by atoms with E-state index in [1.54, 1.807) is 0 Å². The summed E-state index contributed by atoms with van der Waals surface area (Å²) >= 11 is 0. The van der Waals surface area contributed by atoms with Gasteiger partial charge in [0.05, 0.1) is 11.7 Å². The van der Waals surface area contributed by atoms with Gasteiger partial charge < -0.3 is 4.98 Å². The molecule has 76 valence electrons. The van der Waals surface area contributed by atoms with Crippen LogP contribution in [0.15, 0.2) is 18.6 Å². The fourth-order valence-electron chi connectivity index (χ4n) is 2.09. The molecule has 0 radical (unpaired) electrons. The summed E-state index contributed by atoms with van der Waals surface area (Å²) in [5.41, 5.74) is 3.41. The molecule has 0 fully saturated rings. The van der Waals surface area contributed by atoms with Crippen molar-refractivity contribution in [3.63, 3.8) is 0 Å². The maximum atomic E-state index is 4.38. The molecule has 0 saturated heterocycles. The van der Waals surface area contributed by atoms with E-state index in [9.17, 15) is 0 Å². The van der Waals surface area contributed by atoms with Crippen LogP contribution in [0.25, 0.3) is 21.9 Å². The molecule has 3 heterocycles. The number of aromatic amines is 1. The van der Waals surface area contributed by atoms with Gasteiger partial charge in [-0.25, -0.2) is 4.98 Å². The first-order chi connectivity index (χ1) is 7.31. The van der Waals surface area contributed by atoms with Gasteiger partial charge >= 0.3 is 0 Å². The Morgan fingerprint density at radius 1 is 1.40 bits per heavy atom. The zero-order valence-electron chi connectivity index (χ0n) is 8.78. The minimum Gasteiger partial charge on any atom is -0.346 e. The Kier molecular flexibility index (Phi) is 1.59. The van der Waals surface area contributed by atoms with E-state index < -0.39 is 0 Å². The Morgan fingerprint density at radius 3 is 3.07 bits per heavy atom. The molecule has 3 aromatic heterocycles. The summed E-state index contributed by atoms with van der Waals surface area (Å²) in [5.74, 6) is 0. The van der Waals surface area contributed by atoms with E-state index in [-0.39, 0.29) is 0 Å². The van der Waals surface area contributed by atoms with Gasteiger partial charge in [0, 0.05) is 30.2 Å². The maximum absolute atomic E-state index is 4.38. The van der Waals surface area contributed by atoms with Gasteiger partial charge in [-0.05, 0) is 12.0 Å². The lowest BCUT2D eigenvalue weighted by molar-refractivity contribution is 0.799. The summed E-state index contributed by atoms with van der Waals surface area (Å²) in [6.07, 6.45) is 6.75. The summed E-state index contributed by atoms with van der Waals surface area (Å²) in [7, 11) is 1.97. The third kappa shape index (κ3) is 1.02. The molecule has 0 amide bonds. The number of hydrogen-bond acceptors (Lipinski definition) is 2. The van der Waals surface area contributed by atoms with E-state index in [1.165, 1.54) is 10.9 Å². The Bertz CT molecular complexity index is 632. The first-order valence-electron chi connectivity index (χ1n) is 5.08. The first-order valence-corrected chi connectivity index (χ1v) is 5.08. The number of aromatic nitrogens is 4. The number of H-pyrrole nitrogens is 1. The van der Waals surface area contributed by atoms with Crippen LogP contribution in [0, 0.1) is 0 Å². The minimum atomic E-state index is 0.947. The molecular formula is C11H12N4. The van der Waals surface area contributed by atoms with Gasteiger partial charge in [-0.15, -0.1) is 0 Å². The SMILES string of the molecule is CCc1c[nH]c2ncc3cnn(C)c3c12. The second-order valence-electron chi connectivity index (χ2n) is 3.72. The second kappa shape index (κ2) is 2.82. The molecule has 3 rings (SSSR count). The van der Waals surface area contributed by atoms with Crippen molar-refractivity contribution in [3.05, 3.63) is 24.2 Å². The van der Waals surface area contributed by atoms with E-state index in [2.05, 4.69) is 22.0 Å². The zero-order chi connectivity index (χ0) is 10.4. The van der Waals surface area contributed by atoms with E-state index >= 15 is 0 Å². The molecular weight excluding hydrogens is 188 g/mol. The summed E-state index contributed by atoms with van der Waals surface area (Å²) in [4.78, 5) is 7.58. The molecule has 3 aromatic rings. The number of nitrogens with zero attached hydrogens (tertiary/aromatic N) is 3. The van der Waals surface area contributed by atoms with Crippen LogP contribution in [0.3, 0.4) is 0 Å². The first kappa shape index (κ1) is 8.47. The van der Waals surface area contributed by atoms with E-state index in [0.29, 0.717) is 0 Å². The van der Waals surface area contributed by atoms with Crippen molar-refractivity contribution in [2.45, 2.75) is 13.3 Å². The van der Waals surface area contributed by atoms with Gasteiger partial charge in [0.25, 0.3) is 0 Å². The zero-order valence-corrected chi connectivity index (χ0v) is 8.78. The predicted molar refractivity (Wildman–Crippen MR) is 59.7 cm³/mol. The average Bonchev–Trinajstić information content (AvgIpc) is 2.81. The molecule has 0 atom stereocenters. The highest BCUT2D eigenvalue weighted by Gasteiger charge is 2.10. The highest BCUT2D eigenvalue weighted by Crippen LogP contribution is 2.25. The van der Waals surface area contributed by atoms with Crippen LogP contribution < -0.4 is 0 Å². The normalized spacial score (nSPS) is 11.6. The van der Waals surface area contributed by atoms with Crippen molar-refractivity contribution >= 4 is 21.9 Å². The van der Waals surface area contributed by atoms with Crippen LogP contribution in [0.2, 0.25) is 0 Å². The average molecular weight is 200 g/mol. The summed E-state index contributed by atoms with van der Waals surface area (Å²) < 4.78 is 1.91. The Labute approximate surface area is 86.9 Å². The third-order valence-electron chi connectivity index (χ3n) is 2.86. The standard InChI is InChI=1S/C11H12N4/c1-3-7-4-12-11-9(7)10-8(5-13-11)6-14-15(10)2/h4-6H,3H2,1-2H3,(H,12,13). The van der Waals surface area contributed by atoms with Crippen LogP contribution in [-0.2, 0) is 13.5 Å². The lowest BCUT2D eigenvalue weighted by atomic mass is 10.1. The van der Waals surface area contributed by atoms with E-state index in [1.807, 2.05) is 30.3 Å². The van der Waals surface area contributed by atoms with Crippen LogP contribution in [0.4, 0.5) is 0 Å². The monoisotopic (exact) mass is 200 g/mol. The van der Waals surface area contributed by atoms with E-state index in [4.69, 9.17) is 0 Å². The quantitative estimate of drug-likeness (QED) is 0.653. The molecule has 15 heavy (non-hydrogen) atoms. The van der Waals surface area contributed by atoms with Gasteiger partial charge in [0.2, 0.25) is 0 Å². The van der Waals surface area contributed by atoms with Crippen molar-refractivity contribution in [1.82, 2.24) is 19.7 Å². The van der Waals surface area contributed by atoms with Gasteiger partial charge in [-0.2, -0.15) is 5.10 Å². The van der Waals surface area contributed by atoms with Gasteiger partial charge in [0.1, 0.15) is 5.65 Å². The molecule has 0 unspecified atom stereocenters. The number of hydrogen-bond donors (Lipinski definition) is 1. The lowest BCUT2D eigenvalue weighted by Gasteiger charge is -1.98. The topological polar surface area (TPSA) is 46.5 Å². The highest BCUT2D eigenvalue weighted by atomic mass is 15.2. The third-order valence-corrected chi connectivity index (χ3v) is 2.86. The van der Waals surface area contributed by atoms with Gasteiger partial charge in [-0.1, -0.05) is 6.92 Å². The number of rotatable bonds is 1. The summed E-state index contributed by atoms with van der Waals surface area (Å²) in [6, 6.07) is 0. The number of aryl methyl sites for hydroxylation is 2. The number of fused-ring (bicyclic) bond motifs is 3. The van der Waals surface area contributed by atoms with Crippen molar-refractivity contribution in [2.75, 3.05) is 0 Å². The molecule has 0 aliphatic heterocycles. The minimum absolute atomic E-state index is 0.947. The smallest absolute Gasteiger partial charge is 0.139 e. The fraction of sp³-hybridized carbons (Fsp3) is 0.273. The molecule has 1 N–H and O–H groups in total. The number of pyridine rings is 1. The van der Waals surface area contributed by atoms with Crippen LogP contribution >= 0.6 is 0 Å². The van der Waals surface area contributed by atoms with Crippen molar-refractivity contribution in [3.8, 4) is 0 Å². The molecule has 0 saturated carbocycles. The van der Waals surface area contributed by atoms with Crippen molar-refractivity contribution < 1.29 is 0 Å². The van der Waals surface area contributed by atoms with E-state index in [0.717, 1.165) is 23.0 Å². The number of nitrogens with one attached hydrogen (secondary N) is 1. The van der Waals surface area contributed by atoms with Crippen LogP contribution in [-0.4, -0.2) is 19.7 Å². The molecule has 0 spiro atoms. The van der Waals surface area contributed by atoms with Gasteiger partial charge in [-0.3, -0.25) is 4.68 Å². The van der Waals surface area contributed by atoms with Gasteiger partial charge in [0.15, 0.2) is 0 Å². The molecule has 0 aromatic carbocycles. The molecule has 0 aliphatic carbocycles. The Hall–Kier alpha value is -1.84. The molecule has 4 heteroatoms. The lowest BCUT2D eigenvalue weighted by Crippen LogP contribution is -1.91. The molecule has 4 nitrogen and oxygen atoms in total. The van der Waals surface area contributed by atoms with Crippen molar-refractivity contribution in [2.24, 2.45) is 7.05 Å². The predicted octanol–water partition coefficient (Wildman–Crippen LogP) is 2.01. The Morgan fingerprint density at radius 2 is 2.27 bits per heavy atom. The largest absolute Gasteiger partial charge is 0.346 e.